The van der Waals surface area contributed by atoms with Crippen LogP contribution < -0.4 is 0 Å². The van der Waals surface area contributed by atoms with E-state index in [-0.39, 0.29) is 5.60 Å². The molecule has 0 heterocycles. The van der Waals surface area contributed by atoms with Gasteiger partial charge in [0.1, 0.15) is 0 Å². The van der Waals surface area contributed by atoms with E-state index in [1.807, 2.05) is 0 Å². The first-order chi connectivity index (χ1) is 9.30. The summed E-state index contributed by atoms with van der Waals surface area (Å²) in [7, 11) is -1.53. The third kappa shape index (κ3) is 5.24. The summed E-state index contributed by atoms with van der Waals surface area (Å²) in [5, 5.41) is 4.01. The van der Waals surface area contributed by atoms with E-state index in [2.05, 4.69) is 51.1 Å². The normalized spacial score (nSPS) is 19.3. The molecule has 0 bridgehead atoms. The van der Waals surface area contributed by atoms with E-state index in [4.69, 9.17) is 4.43 Å². The van der Waals surface area contributed by atoms with Gasteiger partial charge >= 0.3 is 131 Å². The molecule has 0 unspecified atom stereocenters. The molecule has 0 aliphatic heterocycles. The van der Waals surface area contributed by atoms with Crippen molar-refractivity contribution in [1.82, 2.24) is 0 Å². The summed E-state index contributed by atoms with van der Waals surface area (Å²) < 4.78 is 10.4. The van der Waals surface area contributed by atoms with E-state index in [1.165, 1.54) is 47.9 Å². The van der Waals surface area contributed by atoms with E-state index >= 15 is 0 Å². The maximum atomic E-state index is 6.59. The zero-order valence-electron chi connectivity index (χ0n) is 14.6. The minimum atomic E-state index is -1.89. The van der Waals surface area contributed by atoms with Gasteiger partial charge in [-0.3, -0.25) is 0 Å². The molecular formula is C17H34GeOSi. The number of hydrogen-bond acceptors (Lipinski definition) is 1. The van der Waals surface area contributed by atoms with Gasteiger partial charge in [-0.1, -0.05) is 0 Å². The molecule has 0 aromatic heterocycles. The fourth-order valence-electron chi connectivity index (χ4n) is 3.22. The van der Waals surface area contributed by atoms with Gasteiger partial charge in [0, 0.05) is 0 Å². The van der Waals surface area contributed by atoms with Gasteiger partial charge < -0.3 is 0 Å². The molecular weight excluding hydrogens is 321 g/mol. The topological polar surface area (TPSA) is 9.23 Å². The van der Waals surface area contributed by atoms with Crippen molar-refractivity contribution in [1.29, 1.82) is 0 Å². The average molecular weight is 355 g/mol. The van der Waals surface area contributed by atoms with Gasteiger partial charge in [0.15, 0.2) is 0 Å². The molecule has 1 fully saturated rings. The zero-order valence-corrected chi connectivity index (χ0v) is 17.7. The number of hydrogen-bond donors (Lipinski definition) is 0. The molecule has 0 aromatic carbocycles. The fourth-order valence-corrected chi connectivity index (χ4v) is 9.94. The third-order valence-corrected chi connectivity index (χ3v) is 15.6. The monoisotopic (exact) mass is 356 g/mol. The molecule has 20 heavy (non-hydrogen) atoms. The van der Waals surface area contributed by atoms with E-state index in [0.29, 0.717) is 0 Å². The van der Waals surface area contributed by atoms with Crippen LogP contribution in [0.15, 0.2) is 0 Å². The van der Waals surface area contributed by atoms with Crippen LogP contribution in [0.5, 0.6) is 0 Å². The van der Waals surface area contributed by atoms with Gasteiger partial charge in [0.05, 0.1) is 0 Å². The molecule has 3 heteroatoms. The van der Waals surface area contributed by atoms with Crippen LogP contribution in [-0.2, 0) is 4.43 Å². The van der Waals surface area contributed by atoms with Crippen molar-refractivity contribution >= 4 is 21.6 Å². The molecule has 0 amide bonds. The first-order valence-corrected chi connectivity index (χ1v) is 17.5. The third-order valence-electron chi connectivity index (χ3n) is 4.75. The molecule has 0 atom stereocenters. The summed E-state index contributed by atoms with van der Waals surface area (Å²) in [6.07, 6.45) is 6.28. The predicted molar refractivity (Wildman–Crippen MR) is 95.2 cm³/mol. The van der Waals surface area contributed by atoms with Gasteiger partial charge in [0.2, 0.25) is 0 Å². The Bertz CT molecular complexity index is 343. The summed E-state index contributed by atoms with van der Waals surface area (Å²) in [6.45, 7) is 14.0. The molecule has 116 valence electrons. The van der Waals surface area contributed by atoms with Crippen molar-refractivity contribution in [3.05, 3.63) is 0 Å². The molecule has 0 N–H and O–H groups in total. The molecule has 0 radical (unpaired) electrons. The molecule has 1 aliphatic rings. The predicted octanol–water partition coefficient (Wildman–Crippen LogP) is 5.59. The van der Waals surface area contributed by atoms with Crippen molar-refractivity contribution in [3.63, 3.8) is 0 Å². The van der Waals surface area contributed by atoms with Crippen molar-refractivity contribution < 1.29 is 4.43 Å². The Balaban J connectivity index is 3.01. The van der Waals surface area contributed by atoms with E-state index in [0.717, 1.165) is 0 Å². The summed E-state index contributed by atoms with van der Waals surface area (Å²) in [6, 6.07) is 0. The molecule has 0 spiro atoms. The van der Waals surface area contributed by atoms with Crippen molar-refractivity contribution in [2.75, 3.05) is 0 Å². The summed E-state index contributed by atoms with van der Waals surface area (Å²) in [5.74, 6) is 3.73. The minimum absolute atomic E-state index is 0.0846. The Morgan fingerprint density at radius 1 is 0.950 bits per heavy atom. The number of rotatable bonds is 5. The summed E-state index contributed by atoms with van der Waals surface area (Å²) in [5.41, 5.74) is -0.0846. The second-order valence-corrected chi connectivity index (χ2v) is 22.1. The van der Waals surface area contributed by atoms with Gasteiger partial charge in [0.25, 0.3) is 0 Å². The zero-order chi connectivity index (χ0) is 15.3. The molecule has 1 rings (SSSR count). The van der Waals surface area contributed by atoms with Crippen LogP contribution in [0.25, 0.3) is 0 Å². The van der Waals surface area contributed by atoms with Crippen LogP contribution in [0, 0.1) is 10.7 Å². The Morgan fingerprint density at radius 2 is 1.45 bits per heavy atom. The van der Waals surface area contributed by atoms with E-state index in [1.54, 1.807) is 0 Å². The van der Waals surface area contributed by atoms with Crippen molar-refractivity contribution in [2.24, 2.45) is 0 Å². The van der Waals surface area contributed by atoms with Crippen LogP contribution in [0.2, 0.25) is 35.4 Å². The Labute approximate surface area is 130 Å². The molecule has 0 aromatic rings. The first kappa shape index (κ1) is 18.3. The maximum absolute atomic E-state index is 6.59. The quantitative estimate of drug-likeness (QED) is 0.461. The summed E-state index contributed by atoms with van der Waals surface area (Å²) in [4.78, 5) is 0. The van der Waals surface area contributed by atoms with Gasteiger partial charge in [-0.2, -0.15) is 0 Å². The van der Waals surface area contributed by atoms with Crippen molar-refractivity contribution in [2.45, 2.75) is 93.9 Å². The molecule has 1 saturated carbocycles. The van der Waals surface area contributed by atoms with Crippen LogP contribution in [-0.4, -0.2) is 27.2 Å². The van der Waals surface area contributed by atoms with Gasteiger partial charge in [-0.25, -0.2) is 0 Å². The second-order valence-electron chi connectivity index (χ2n) is 7.36. The fraction of sp³-hybridized carbons (Fsp3) is 0.882. The SMILES string of the molecule is C[CH2][Ge]([C]#CC1(O[Si](C)(C)C)CCCCC1)([CH2]C)[CH2]C. The molecule has 1 nitrogen and oxygen atoms in total. The van der Waals surface area contributed by atoms with Crippen LogP contribution in [0.4, 0.5) is 0 Å². The average Bonchev–Trinajstić information content (AvgIpc) is 2.40. The molecule has 0 saturated heterocycles. The Kier molecular flexibility index (Phi) is 6.89. The van der Waals surface area contributed by atoms with Gasteiger partial charge in [-0.15, -0.1) is 0 Å². The standard InChI is InChI=1S/C17H34GeOSi/c1-7-18(8-2,9-3)16-15-17(19-20(4,5)6)13-11-10-12-14-17/h7-14H2,1-6H3. The van der Waals surface area contributed by atoms with E-state index in [9.17, 15) is 0 Å². The summed E-state index contributed by atoms with van der Waals surface area (Å²) >= 11 is -1.89. The van der Waals surface area contributed by atoms with Crippen LogP contribution >= 0.6 is 0 Å². The van der Waals surface area contributed by atoms with Crippen LogP contribution in [0.1, 0.15) is 52.9 Å². The van der Waals surface area contributed by atoms with Crippen molar-refractivity contribution in [3.8, 4) is 10.7 Å². The molecule has 1 aliphatic carbocycles. The first-order valence-electron chi connectivity index (χ1n) is 8.55. The Morgan fingerprint density at radius 3 is 1.85 bits per heavy atom. The Hall–Kier alpha value is 0.280. The van der Waals surface area contributed by atoms with Gasteiger partial charge in [-0.05, 0) is 0 Å². The second kappa shape index (κ2) is 7.51. The van der Waals surface area contributed by atoms with Crippen LogP contribution in [0.3, 0.4) is 0 Å². The van der Waals surface area contributed by atoms with E-state index < -0.39 is 21.6 Å².